The van der Waals surface area contributed by atoms with Crippen LogP contribution in [0.5, 0.6) is 0 Å². The van der Waals surface area contributed by atoms with Crippen molar-refractivity contribution in [2.45, 2.75) is 19.9 Å². The lowest BCUT2D eigenvalue weighted by molar-refractivity contribution is -0.114. The number of nitrogens with one attached hydrogen (secondary N) is 2. The molecule has 1 atom stereocenters. The van der Waals surface area contributed by atoms with Crippen LogP contribution in [0.15, 0.2) is 48.5 Å². The molecule has 0 aliphatic heterocycles. The molecule has 0 spiro atoms. The summed E-state index contributed by atoms with van der Waals surface area (Å²) in [7, 11) is 0. The second-order valence-electron chi connectivity index (χ2n) is 4.98. The van der Waals surface area contributed by atoms with Crippen molar-refractivity contribution < 1.29 is 9.59 Å². The van der Waals surface area contributed by atoms with Gasteiger partial charge in [0.1, 0.15) is 0 Å². The zero-order valence-electron chi connectivity index (χ0n) is 12.4. The summed E-state index contributed by atoms with van der Waals surface area (Å²) < 4.78 is 0. The van der Waals surface area contributed by atoms with Crippen LogP contribution in [0, 0.1) is 0 Å². The third kappa shape index (κ3) is 4.09. The van der Waals surface area contributed by atoms with Gasteiger partial charge in [-0.05, 0) is 36.8 Å². The molecule has 0 aromatic heterocycles. The van der Waals surface area contributed by atoms with Gasteiger partial charge in [0, 0.05) is 12.6 Å². The minimum absolute atomic E-state index is 0.134. The average molecular weight is 317 g/mol. The highest BCUT2D eigenvalue weighted by Crippen LogP contribution is 2.20. The quantitative estimate of drug-likeness (QED) is 0.901. The van der Waals surface area contributed by atoms with Crippen molar-refractivity contribution in [1.82, 2.24) is 5.32 Å². The maximum Gasteiger partial charge on any atom is 0.253 e. The summed E-state index contributed by atoms with van der Waals surface area (Å²) in [6.07, 6.45) is 0. The first-order chi connectivity index (χ1) is 10.5. The number of rotatable bonds is 4. The van der Waals surface area contributed by atoms with E-state index in [2.05, 4.69) is 10.6 Å². The molecule has 2 rings (SSSR count). The molecule has 0 fully saturated rings. The van der Waals surface area contributed by atoms with E-state index in [1.807, 2.05) is 25.1 Å². The third-order valence-corrected chi connectivity index (χ3v) is 3.50. The molecular formula is C17H17ClN2O2. The molecule has 0 saturated carbocycles. The van der Waals surface area contributed by atoms with E-state index < -0.39 is 0 Å². The van der Waals surface area contributed by atoms with E-state index in [-0.39, 0.29) is 17.9 Å². The van der Waals surface area contributed by atoms with Crippen LogP contribution in [-0.4, -0.2) is 11.8 Å². The largest absolute Gasteiger partial charge is 0.345 e. The molecule has 2 aromatic rings. The average Bonchev–Trinajstić information content (AvgIpc) is 2.47. The summed E-state index contributed by atoms with van der Waals surface area (Å²) in [6.45, 7) is 3.33. The zero-order chi connectivity index (χ0) is 16.1. The lowest BCUT2D eigenvalue weighted by Gasteiger charge is -2.16. The fraction of sp³-hybridized carbons (Fsp3) is 0.176. The van der Waals surface area contributed by atoms with Crippen molar-refractivity contribution >= 4 is 29.1 Å². The predicted octanol–water partition coefficient (Wildman–Crippen LogP) is 3.79. The number of hydrogen-bond acceptors (Lipinski definition) is 2. The highest BCUT2D eigenvalue weighted by molar-refractivity contribution is 6.33. The molecule has 0 aliphatic carbocycles. The Hall–Kier alpha value is -2.33. The SMILES string of the molecule is CC(=O)Nc1cccc(C(C)NC(=O)c2ccccc2Cl)c1. The standard InChI is InChI=1S/C17H17ClN2O2/c1-11(13-6-5-7-14(10-13)20-12(2)21)19-17(22)15-8-3-4-9-16(15)18/h3-11H,1-2H3,(H,19,22)(H,20,21). The molecule has 0 radical (unpaired) electrons. The third-order valence-electron chi connectivity index (χ3n) is 3.17. The Morgan fingerprint density at radius 2 is 1.82 bits per heavy atom. The first kappa shape index (κ1) is 16.0. The number of benzene rings is 2. The molecule has 0 saturated heterocycles. The summed E-state index contributed by atoms with van der Waals surface area (Å²) in [6, 6.07) is 14.0. The van der Waals surface area contributed by atoms with Crippen LogP contribution in [-0.2, 0) is 4.79 Å². The van der Waals surface area contributed by atoms with Crippen LogP contribution in [0.4, 0.5) is 5.69 Å². The van der Waals surface area contributed by atoms with Gasteiger partial charge in [0.15, 0.2) is 0 Å². The van der Waals surface area contributed by atoms with Gasteiger partial charge in [-0.1, -0.05) is 35.9 Å². The van der Waals surface area contributed by atoms with Crippen LogP contribution >= 0.6 is 11.6 Å². The Balaban J connectivity index is 2.12. The smallest absolute Gasteiger partial charge is 0.253 e. The van der Waals surface area contributed by atoms with E-state index in [1.165, 1.54) is 6.92 Å². The second kappa shape index (κ2) is 7.09. The first-order valence-corrected chi connectivity index (χ1v) is 7.28. The predicted molar refractivity (Wildman–Crippen MR) is 88.1 cm³/mol. The van der Waals surface area contributed by atoms with Gasteiger partial charge in [-0.3, -0.25) is 9.59 Å². The van der Waals surface area contributed by atoms with Crippen molar-refractivity contribution in [1.29, 1.82) is 0 Å². The first-order valence-electron chi connectivity index (χ1n) is 6.90. The molecule has 1 unspecified atom stereocenters. The Morgan fingerprint density at radius 1 is 1.09 bits per heavy atom. The molecule has 2 N–H and O–H groups in total. The normalized spacial score (nSPS) is 11.6. The van der Waals surface area contributed by atoms with Gasteiger partial charge in [0.25, 0.3) is 5.91 Å². The van der Waals surface area contributed by atoms with Crippen LogP contribution in [0.25, 0.3) is 0 Å². The van der Waals surface area contributed by atoms with E-state index in [4.69, 9.17) is 11.6 Å². The highest BCUT2D eigenvalue weighted by Gasteiger charge is 2.14. The molecule has 114 valence electrons. The molecular weight excluding hydrogens is 300 g/mol. The van der Waals surface area contributed by atoms with Gasteiger partial charge in [0.2, 0.25) is 5.91 Å². The fourth-order valence-electron chi connectivity index (χ4n) is 2.09. The molecule has 0 bridgehead atoms. The van der Waals surface area contributed by atoms with Crippen LogP contribution in [0.3, 0.4) is 0 Å². The number of amides is 2. The molecule has 0 heterocycles. The van der Waals surface area contributed by atoms with Crippen molar-refractivity contribution in [2.24, 2.45) is 0 Å². The van der Waals surface area contributed by atoms with Crippen molar-refractivity contribution in [3.8, 4) is 0 Å². The van der Waals surface area contributed by atoms with Crippen molar-refractivity contribution in [3.05, 3.63) is 64.7 Å². The monoisotopic (exact) mass is 316 g/mol. The Kier molecular flexibility index (Phi) is 5.17. The summed E-state index contributed by atoms with van der Waals surface area (Å²) in [5.41, 5.74) is 2.03. The number of hydrogen-bond donors (Lipinski definition) is 2. The Morgan fingerprint density at radius 3 is 2.50 bits per heavy atom. The van der Waals surface area contributed by atoms with Crippen LogP contribution < -0.4 is 10.6 Å². The van der Waals surface area contributed by atoms with Crippen LogP contribution in [0.2, 0.25) is 5.02 Å². The summed E-state index contributed by atoms with van der Waals surface area (Å²) in [5, 5.41) is 6.04. The summed E-state index contributed by atoms with van der Waals surface area (Å²) in [4.78, 5) is 23.3. The summed E-state index contributed by atoms with van der Waals surface area (Å²) >= 11 is 6.02. The zero-order valence-corrected chi connectivity index (χ0v) is 13.1. The van der Waals surface area contributed by atoms with Crippen molar-refractivity contribution in [2.75, 3.05) is 5.32 Å². The molecule has 22 heavy (non-hydrogen) atoms. The van der Waals surface area contributed by atoms with Gasteiger partial charge < -0.3 is 10.6 Å². The molecule has 5 heteroatoms. The minimum atomic E-state index is -0.233. The lowest BCUT2D eigenvalue weighted by atomic mass is 10.1. The van der Waals surface area contributed by atoms with Gasteiger partial charge >= 0.3 is 0 Å². The van der Waals surface area contributed by atoms with Crippen molar-refractivity contribution in [3.63, 3.8) is 0 Å². The molecule has 0 aliphatic rings. The fourth-order valence-corrected chi connectivity index (χ4v) is 2.31. The maximum atomic E-state index is 12.2. The molecule has 2 amide bonds. The van der Waals surface area contributed by atoms with Gasteiger partial charge in [-0.25, -0.2) is 0 Å². The van der Waals surface area contributed by atoms with Gasteiger partial charge in [-0.2, -0.15) is 0 Å². The topological polar surface area (TPSA) is 58.2 Å². The van der Waals surface area contributed by atoms with E-state index in [0.29, 0.717) is 16.3 Å². The van der Waals surface area contributed by atoms with Crippen LogP contribution in [0.1, 0.15) is 35.8 Å². The number of carbonyl (C=O) groups is 2. The van der Waals surface area contributed by atoms with E-state index in [1.54, 1.807) is 30.3 Å². The number of anilines is 1. The second-order valence-corrected chi connectivity index (χ2v) is 5.39. The number of carbonyl (C=O) groups excluding carboxylic acids is 2. The Labute approximate surface area is 134 Å². The van der Waals surface area contributed by atoms with Gasteiger partial charge in [-0.15, -0.1) is 0 Å². The summed E-state index contributed by atoms with van der Waals surface area (Å²) in [5.74, 6) is -0.368. The van der Waals surface area contributed by atoms with Gasteiger partial charge in [0.05, 0.1) is 16.6 Å². The molecule has 2 aromatic carbocycles. The maximum absolute atomic E-state index is 12.2. The van der Waals surface area contributed by atoms with E-state index >= 15 is 0 Å². The van der Waals surface area contributed by atoms with E-state index in [9.17, 15) is 9.59 Å². The number of halogens is 1. The lowest BCUT2D eigenvalue weighted by Crippen LogP contribution is -2.27. The Bertz CT molecular complexity index is 701. The highest BCUT2D eigenvalue weighted by atomic mass is 35.5. The van der Waals surface area contributed by atoms with E-state index in [0.717, 1.165) is 5.56 Å². The molecule has 4 nitrogen and oxygen atoms in total. The minimum Gasteiger partial charge on any atom is -0.345 e.